The fraction of sp³-hybridized carbons (Fsp3) is 0.611. The number of hydrogen-bond acceptors (Lipinski definition) is 4. The number of nitrogens with zero attached hydrogens (tertiary/aromatic N) is 1. The number of hydrogen-bond donors (Lipinski definition) is 2. The molecule has 0 radical (unpaired) electrons. The summed E-state index contributed by atoms with van der Waals surface area (Å²) in [6, 6.07) is 6.73. The van der Waals surface area contributed by atoms with Crippen molar-refractivity contribution in [3.8, 4) is 0 Å². The minimum absolute atomic E-state index is 0.436. The standard InChI is InChI=1S/C18H28ClN3O/c1-14-9-15(11-17(19)10-14)13-22-6-3-16(4-7-22)18(20-2)12-21-5-8-23/h8-11,16,18,20-21H,3-7,12-13H2,1-2H3. The van der Waals surface area contributed by atoms with Crippen molar-refractivity contribution in [2.24, 2.45) is 5.92 Å². The molecule has 2 rings (SSSR count). The van der Waals surface area contributed by atoms with E-state index >= 15 is 0 Å². The second-order valence-corrected chi connectivity index (χ2v) is 6.91. The Morgan fingerprint density at radius 3 is 2.70 bits per heavy atom. The van der Waals surface area contributed by atoms with Crippen LogP contribution < -0.4 is 10.6 Å². The number of halogens is 1. The maximum absolute atomic E-state index is 10.4. The van der Waals surface area contributed by atoms with Crippen LogP contribution >= 0.6 is 11.6 Å². The minimum Gasteiger partial charge on any atom is -0.315 e. The number of likely N-dealkylation sites (tertiary alicyclic amines) is 1. The average molecular weight is 338 g/mol. The third-order valence-corrected chi connectivity index (χ3v) is 4.89. The summed E-state index contributed by atoms with van der Waals surface area (Å²) in [7, 11) is 2.01. The van der Waals surface area contributed by atoms with E-state index in [2.05, 4.69) is 34.6 Å². The van der Waals surface area contributed by atoms with E-state index in [1.165, 1.54) is 24.0 Å². The summed E-state index contributed by atoms with van der Waals surface area (Å²) in [5.74, 6) is 0.663. The van der Waals surface area contributed by atoms with E-state index < -0.39 is 0 Å². The van der Waals surface area contributed by atoms with Gasteiger partial charge < -0.3 is 15.4 Å². The second-order valence-electron chi connectivity index (χ2n) is 6.47. The van der Waals surface area contributed by atoms with Crippen molar-refractivity contribution in [1.82, 2.24) is 15.5 Å². The number of rotatable bonds is 8. The Morgan fingerprint density at radius 2 is 2.09 bits per heavy atom. The molecule has 1 unspecified atom stereocenters. The van der Waals surface area contributed by atoms with E-state index in [0.717, 1.165) is 37.5 Å². The zero-order valence-electron chi connectivity index (χ0n) is 14.1. The third-order valence-electron chi connectivity index (χ3n) is 4.67. The highest BCUT2D eigenvalue weighted by Crippen LogP contribution is 2.23. The molecule has 0 bridgehead atoms. The Balaban J connectivity index is 1.81. The first-order valence-corrected chi connectivity index (χ1v) is 8.80. The number of aryl methyl sites for hydroxylation is 1. The first kappa shape index (κ1) is 18.4. The Labute approximate surface area is 144 Å². The van der Waals surface area contributed by atoms with Crippen molar-refractivity contribution in [2.75, 3.05) is 33.2 Å². The van der Waals surface area contributed by atoms with Crippen LogP contribution in [0.15, 0.2) is 18.2 Å². The van der Waals surface area contributed by atoms with Crippen LogP contribution in [0.5, 0.6) is 0 Å². The van der Waals surface area contributed by atoms with Gasteiger partial charge in [-0.05, 0) is 69.1 Å². The number of aldehydes is 1. The van der Waals surface area contributed by atoms with Crippen molar-refractivity contribution in [2.45, 2.75) is 32.4 Å². The molecule has 0 aliphatic carbocycles. The van der Waals surface area contributed by atoms with Gasteiger partial charge in [0.1, 0.15) is 6.29 Å². The van der Waals surface area contributed by atoms with E-state index in [1.807, 2.05) is 13.1 Å². The summed E-state index contributed by atoms with van der Waals surface area (Å²) in [6.07, 6.45) is 3.30. The summed E-state index contributed by atoms with van der Waals surface area (Å²) in [6.45, 7) is 6.58. The maximum Gasteiger partial charge on any atom is 0.133 e. The number of benzene rings is 1. The predicted molar refractivity (Wildman–Crippen MR) is 96.0 cm³/mol. The smallest absolute Gasteiger partial charge is 0.133 e. The van der Waals surface area contributed by atoms with Crippen molar-refractivity contribution < 1.29 is 4.79 Å². The number of piperidine rings is 1. The molecule has 1 fully saturated rings. The minimum atomic E-state index is 0.436. The van der Waals surface area contributed by atoms with Gasteiger partial charge in [0, 0.05) is 24.2 Å². The van der Waals surface area contributed by atoms with Gasteiger partial charge in [0.15, 0.2) is 0 Å². The molecule has 0 saturated carbocycles. The normalized spacial score (nSPS) is 18.0. The zero-order chi connectivity index (χ0) is 16.7. The van der Waals surface area contributed by atoms with Crippen LogP contribution in [0.4, 0.5) is 0 Å². The Hall–Kier alpha value is -0.940. The predicted octanol–water partition coefficient (Wildman–Crippen LogP) is 2.24. The van der Waals surface area contributed by atoms with Crippen LogP contribution in [0.1, 0.15) is 24.0 Å². The fourth-order valence-electron chi connectivity index (χ4n) is 3.48. The Morgan fingerprint density at radius 1 is 1.35 bits per heavy atom. The number of carbonyl (C=O) groups is 1. The molecular weight excluding hydrogens is 310 g/mol. The van der Waals surface area contributed by atoms with Crippen LogP contribution in [0.2, 0.25) is 5.02 Å². The van der Waals surface area contributed by atoms with Crippen molar-refractivity contribution in [3.63, 3.8) is 0 Å². The van der Waals surface area contributed by atoms with Gasteiger partial charge >= 0.3 is 0 Å². The molecule has 1 atom stereocenters. The Bertz CT molecular complexity index is 481. The molecule has 1 heterocycles. The van der Waals surface area contributed by atoms with Gasteiger partial charge in [0.05, 0.1) is 6.54 Å². The van der Waals surface area contributed by atoms with Crippen LogP contribution in [-0.2, 0) is 11.3 Å². The van der Waals surface area contributed by atoms with Gasteiger partial charge in [-0.25, -0.2) is 0 Å². The van der Waals surface area contributed by atoms with Crippen LogP contribution in [-0.4, -0.2) is 50.5 Å². The van der Waals surface area contributed by atoms with Crippen LogP contribution in [0.25, 0.3) is 0 Å². The third kappa shape index (κ3) is 5.88. The summed E-state index contributed by atoms with van der Waals surface area (Å²) in [5, 5.41) is 7.41. The lowest BCUT2D eigenvalue weighted by atomic mass is 9.89. The number of carbonyl (C=O) groups excluding carboxylic acids is 1. The van der Waals surface area contributed by atoms with Gasteiger partial charge in [0.2, 0.25) is 0 Å². The number of likely N-dealkylation sites (N-methyl/N-ethyl adjacent to an activating group) is 1. The van der Waals surface area contributed by atoms with Gasteiger partial charge in [-0.1, -0.05) is 17.7 Å². The SMILES string of the molecule is CNC(CNCC=O)C1CCN(Cc2cc(C)cc(Cl)c2)CC1. The van der Waals surface area contributed by atoms with Gasteiger partial charge in [-0.15, -0.1) is 0 Å². The van der Waals surface area contributed by atoms with Gasteiger partial charge in [0.25, 0.3) is 0 Å². The molecule has 5 heteroatoms. The molecule has 2 N–H and O–H groups in total. The van der Waals surface area contributed by atoms with E-state index in [1.54, 1.807) is 0 Å². The molecule has 23 heavy (non-hydrogen) atoms. The quantitative estimate of drug-likeness (QED) is 0.564. The summed E-state index contributed by atoms with van der Waals surface area (Å²) in [4.78, 5) is 12.9. The molecule has 1 aliphatic rings. The van der Waals surface area contributed by atoms with Crippen LogP contribution in [0, 0.1) is 12.8 Å². The molecule has 1 aromatic rings. The summed E-state index contributed by atoms with van der Waals surface area (Å²) in [5.41, 5.74) is 2.52. The lowest BCUT2D eigenvalue weighted by Gasteiger charge is -2.36. The molecule has 1 saturated heterocycles. The molecule has 128 valence electrons. The van der Waals surface area contributed by atoms with Gasteiger partial charge in [-0.3, -0.25) is 4.90 Å². The summed E-state index contributed by atoms with van der Waals surface area (Å²) < 4.78 is 0. The topological polar surface area (TPSA) is 44.4 Å². The molecule has 0 aromatic heterocycles. The molecule has 1 aliphatic heterocycles. The van der Waals surface area contributed by atoms with Crippen molar-refractivity contribution in [3.05, 3.63) is 34.3 Å². The van der Waals surface area contributed by atoms with Crippen molar-refractivity contribution >= 4 is 17.9 Å². The first-order valence-electron chi connectivity index (χ1n) is 8.42. The highest BCUT2D eigenvalue weighted by Gasteiger charge is 2.25. The Kier molecular flexibility index (Phi) is 7.50. The van der Waals surface area contributed by atoms with Gasteiger partial charge in [-0.2, -0.15) is 0 Å². The highest BCUT2D eigenvalue weighted by atomic mass is 35.5. The van der Waals surface area contributed by atoms with E-state index in [0.29, 0.717) is 18.5 Å². The number of nitrogens with one attached hydrogen (secondary N) is 2. The van der Waals surface area contributed by atoms with E-state index in [9.17, 15) is 4.79 Å². The highest BCUT2D eigenvalue weighted by molar-refractivity contribution is 6.30. The van der Waals surface area contributed by atoms with Crippen LogP contribution in [0.3, 0.4) is 0 Å². The van der Waals surface area contributed by atoms with E-state index in [4.69, 9.17) is 11.6 Å². The first-order chi connectivity index (χ1) is 11.1. The monoisotopic (exact) mass is 337 g/mol. The average Bonchev–Trinajstić information content (AvgIpc) is 2.52. The zero-order valence-corrected chi connectivity index (χ0v) is 14.9. The molecular formula is C18H28ClN3O. The lowest BCUT2D eigenvalue weighted by molar-refractivity contribution is -0.107. The summed E-state index contributed by atoms with van der Waals surface area (Å²) >= 11 is 6.15. The molecule has 0 spiro atoms. The largest absolute Gasteiger partial charge is 0.315 e. The second kappa shape index (κ2) is 9.38. The fourth-order valence-corrected chi connectivity index (χ4v) is 3.79. The molecule has 4 nitrogen and oxygen atoms in total. The molecule has 1 aromatic carbocycles. The van der Waals surface area contributed by atoms with Crippen molar-refractivity contribution in [1.29, 1.82) is 0 Å². The lowest BCUT2D eigenvalue weighted by Crippen LogP contribution is -2.47. The van der Waals surface area contributed by atoms with E-state index in [-0.39, 0.29) is 0 Å². The maximum atomic E-state index is 10.4. The molecule has 0 amide bonds.